The Morgan fingerprint density at radius 2 is 1.78 bits per heavy atom. The van der Waals surface area contributed by atoms with Crippen molar-refractivity contribution in [1.82, 2.24) is 5.01 Å². The van der Waals surface area contributed by atoms with E-state index in [0.717, 1.165) is 23.3 Å². The summed E-state index contributed by atoms with van der Waals surface area (Å²) < 4.78 is 13.9. The normalized spacial score (nSPS) is 19.3. The second kappa shape index (κ2) is 10.5. The van der Waals surface area contributed by atoms with Crippen LogP contribution in [0.4, 0.5) is 10.1 Å². The Labute approximate surface area is 213 Å². The third-order valence-electron chi connectivity index (χ3n) is 6.23. The molecule has 0 spiro atoms. The van der Waals surface area contributed by atoms with Crippen LogP contribution in [0.15, 0.2) is 89.0 Å². The van der Waals surface area contributed by atoms with Gasteiger partial charge in [0.15, 0.2) is 5.17 Å². The summed E-state index contributed by atoms with van der Waals surface area (Å²) in [5, 5.41) is 9.00. The van der Waals surface area contributed by atoms with Gasteiger partial charge in [0.2, 0.25) is 5.91 Å². The van der Waals surface area contributed by atoms with E-state index in [1.54, 1.807) is 17.1 Å². The molecule has 1 N–H and O–H groups in total. The average Bonchev–Trinajstić information content (AvgIpc) is 3.50. The molecule has 0 saturated heterocycles. The van der Waals surface area contributed by atoms with Crippen LogP contribution in [0.2, 0.25) is 0 Å². The van der Waals surface area contributed by atoms with Crippen molar-refractivity contribution < 1.29 is 14.0 Å². The molecule has 0 aliphatic carbocycles. The van der Waals surface area contributed by atoms with Crippen molar-refractivity contribution in [3.05, 3.63) is 101 Å². The van der Waals surface area contributed by atoms with Crippen LogP contribution >= 0.6 is 11.8 Å². The van der Waals surface area contributed by atoms with E-state index < -0.39 is 17.0 Å². The highest BCUT2D eigenvalue weighted by atomic mass is 32.2. The zero-order valence-electron chi connectivity index (χ0n) is 19.7. The van der Waals surface area contributed by atoms with Gasteiger partial charge in [-0.05, 0) is 35.2 Å². The summed E-state index contributed by atoms with van der Waals surface area (Å²) in [6, 6.07) is 24.2. The van der Waals surface area contributed by atoms with E-state index >= 15 is 0 Å². The van der Waals surface area contributed by atoms with Gasteiger partial charge in [-0.15, -0.1) is 0 Å². The molecular weight excluding hydrogens is 475 g/mol. The lowest BCUT2D eigenvalue weighted by molar-refractivity contribution is -0.121. The highest BCUT2D eigenvalue weighted by Gasteiger charge is 2.39. The minimum atomic E-state index is -0.689. The van der Waals surface area contributed by atoms with E-state index in [1.807, 2.05) is 30.3 Å². The van der Waals surface area contributed by atoms with E-state index in [-0.39, 0.29) is 24.1 Å². The fourth-order valence-electron chi connectivity index (χ4n) is 4.26. The van der Waals surface area contributed by atoms with Crippen LogP contribution in [0, 0.1) is 5.82 Å². The summed E-state index contributed by atoms with van der Waals surface area (Å²) in [6.45, 7) is 2.12. The van der Waals surface area contributed by atoms with Crippen molar-refractivity contribution in [2.24, 2.45) is 10.1 Å². The number of aryl methyl sites for hydroxylation is 1. The van der Waals surface area contributed by atoms with Crippen LogP contribution in [-0.2, 0) is 16.0 Å². The van der Waals surface area contributed by atoms with Gasteiger partial charge in [0, 0.05) is 12.8 Å². The van der Waals surface area contributed by atoms with Gasteiger partial charge in [-0.25, -0.2) is 9.40 Å². The Bertz CT molecular complexity index is 1340. The Hall–Kier alpha value is -3.78. The lowest BCUT2D eigenvalue weighted by Gasteiger charge is -2.23. The monoisotopic (exact) mass is 500 g/mol. The molecule has 0 unspecified atom stereocenters. The molecule has 3 aromatic carbocycles. The van der Waals surface area contributed by atoms with Crippen LogP contribution < -0.4 is 5.32 Å². The maximum absolute atomic E-state index is 13.9. The number of anilines is 1. The molecule has 0 fully saturated rings. The Morgan fingerprint density at radius 1 is 1.06 bits per heavy atom. The molecule has 0 radical (unpaired) electrons. The number of amidine groups is 1. The number of carbonyl (C=O) groups excluding carboxylic acids is 2. The molecule has 0 aromatic heterocycles. The van der Waals surface area contributed by atoms with Gasteiger partial charge in [0.25, 0.3) is 5.91 Å². The second-order valence-corrected chi connectivity index (χ2v) is 9.81. The Kier molecular flexibility index (Phi) is 6.95. The third-order valence-corrected chi connectivity index (χ3v) is 7.38. The summed E-state index contributed by atoms with van der Waals surface area (Å²) in [6.07, 6.45) is 1.51. The van der Waals surface area contributed by atoms with E-state index in [2.05, 4.69) is 41.5 Å². The first kappa shape index (κ1) is 23.9. The van der Waals surface area contributed by atoms with Crippen LogP contribution in [0.25, 0.3) is 0 Å². The van der Waals surface area contributed by atoms with E-state index in [0.29, 0.717) is 11.6 Å². The van der Waals surface area contributed by atoms with Crippen LogP contribution in [-0.4, -0.2) is 33.0 Å². The predicted molar refractivity (Wildman–Crippen MR) is 141 cm³/mol. The van der Waals surface area contributed by atoms with Gasteiger partial charge in [-0.1, -0.05) is 85.4 Å². The van der Waals surface area contributed by atoms with Crippen molar-refractivity contribution in [3.63, 3.8) is 0 Å². The lowest BCUT2D eigenvalue weighted by Crippen LogP contribution is -2.25. The van der Waals surface area contributed by atoms with E-state index in [4.69, 9.17) is 5.10 Å². The minimum Gasteiger partial charge on any atom is -0.324 e. The number of benzene rings is 3. The van der Waals surface area contributed by atoms with Gasteiger partial charge in [-0.2, -0.15) is 10.1 Å². The van der Waals surface area contributed by atoms with Gasteiger partial charge in [0.1, 0.15) is 11.1 Å². The number of carbonyl (C=O) groups is 2. The van der Waals surface area contributed by atoms with Crippen LogP contribution in [0.3, 0.4) is 0 Å². The summed E-state index contributed by atoms with van der Waals surface area (Å²) in [7, 11) is 0. The van der Waals surface area contributed by atoms with Crippen LogP contribution in [0.1, 0.15) is 42.5 Å². The predicted octanol–water partition coefficient (Wildman–Crippen LogP) is 5.57. The van der Waals surface area contributed by atoms with Crippen molar-refractivity contribution in [2.75, 3.05) is 5.32 Å². The smallest absolute Gasteiger partial charge is 0.262 e. The Morgan fingerprint density at radius 3 is 2.50 bits per heavy atom. The maximum Gasteiger partial charge on any atom is 0.262 e. The number of thioether (sulfide) groups is 1. The van der Waals surface area contributed by atoms with E-state index in [9.17, 15) is 14.0 Å². The fourth-order valence-corrected chi connectivity index (χ4v) is 5.33. The van der Waals surface area contributed by atoms with Gasteiger partial charge in [0.05, 0.1) is 17.4 Å². The Balaban J connectivity index is 1.35. The van der Waals surface area contributed by atoms with Gasteiger partial charge < -0.3 is 5.32 Å². The molecule has 2 atom stereocenters. The summed E-state index contributed by atoms with van der Waals surface area (Å²) in [5.41, 5.74) is 4.35. The zero-order chi connectivity index (χ0) is 25.1. The number of hydrazone groups is 1. The first-order chi connectivity index (χ1) is 17.5. The molecule has 6 nitrogen and oxygen atoms in total. The van der Waals surface area contributed by atoms with Gasteiger partial charge >= 0.3 is 0 Å². The number of halogens is 1. The molecule has 0 saturated carbocycles. The number of nitrogens with zero attached hydrogens (tertiary/aromatic N) is 3. The second-order valence-electron chi connectivity index (χ2n) is 8.64. The van der Waals surface area contributed by atoms with Crippen LogP contribution in [0.5, 0.6) is 0 Å². The molecule has 36 heavy (non-hydrogen) atoms. The molecule has 2 amide bonds. The standard InChI is InChI=1S/C28H25FN4O2S/c1-2-18-12-14-20(15-13-18)24-16-23(19-8-4-3-5-9-19)32-33(24)28-31-27(35)25(36-28)17-26(34)30-22-11-7-6-10-21(22)29/h3-15,24-25H,2,16-17H2,1H3,(H,30,34)/t24-,25+/m1/s1. The van der Waals surface area contributed by atoms with Crippen molar-refractivity contribution in [1.29, 1.82) is 0 Å². The molecular formula is C28H25FN4O2S. The number of para-hydroxylation sites is 1. The van der Waals surface area contributed by atoms with Gasteiger partial charge in [-0.3, -0.25) is 9.59 Å². The first-order valence-corrected chi connectivity index (χ1v) is 12.7. The summed E-state index contributed by atoms with van der Waals surface area (Å²) in [5.74, 6) is -1.35. The SMILES string of the molecule is CCc1ccc([C@H]2CC(c3ccccc3)=NN2C2=NC(=O)[C@H](CC(=O)Nc3ccccc3F)S2)cc1. The minimum absolute atomic E-state index is 0.0892. The average molecular weight is 501 g/mol. The zero-order valence-corrected chi connectivity index (χ0v) is 20.5. The number of nitrogens with one attached hydrogen (secondary N) is 1. The topological polar surface area (TPSA) is 74.1 Å². The summed E-state index contributed by atoms with van der Waals surface area (Å²) >= 11 is 1.23. The highest BCUT2D eigenvalue weighted by molar-refractivity contribution is 8.15. The maximum atomic E-state index is 13.9. The molecule has 2 aliphatic heterocycles. The van der Waals surface area contributed by atoms with Crippen molar-refractivity contribution in [2.45, 2.75) is 37.5 Å². The number of rotatable bonds is 6. The molecule has 0 bridgehead atoms. The molecule has 2 heterocycles. The lowest BCUT2D eigenvalue weighted by atomic mass is 9.97. The quantitative estimate of drug-likeness (QED) is 0.481. The molecule has 2 aliphatic rings. The molecule has 5 rings (SSSR count). The highest BCUT2D eigenvalue weighted by Crippen LogP contribution is 2.38. The number of hydrogen-bond acceptors (Lipinski definition) is 5. The first-order valence-electron chi connectivity index (χ1n) is 11.9. The molecule has 8 heteroatoms. The number of amides is 2. The molecule has 3 aromatic rings. The summed E-state index contributed by atoms with van der Waals surface area (Å²) in [4.78, 5) is 29.6. The van der Waals surface area contributed by atoms with Crippen molar-refractivity contribution in [3.8, 4) is 0 Å². The fraction of sp³-hybridized carbons (Fsp3) is 0.214. The van der Waals surface area contributed by atoms with E-state index in [1.165, 1.54) is 29.5 Å². The van der Waals surface area contributed by atoms with Crippen molar-refractivity contribution >= 4 is 40.1 Å². The molecule has 182 valence electrons. The third kappa shape index (κ3) is 5.09. The number of hydrogen-bond donors (Lipinski definition) is 1. The number of aliphatic imine (C=N–C) groups is 1. The largest absolute Gasteiger partial charge is 0.324 e.